The van der Waals surface area contributed by atoms with E-state index in [9.17, 15) is 5.11 Å². The van der Waals surface area contributed by atoms with E-state index < -0.39 is 6.10 Å². The number of para-hydroxylation sites is 1. The van der Waals surface area contributed by atoms with Gasteiger partial charge in [0.2, 0.25) is 5.82 Å². The topological polar surface area (TPSA) is 73.3 Å². The number of nitrogens with zero attached hydrogens (tertiary/aromatic N) is 3. The highest BCUT2D eigenvalue weighted by Crippen LogP contribution is 2.28. The first-order valence-corrected chi connectivity index (χ1v) is 10.8. The first-order chi connectivity index (χ1) is 14.7. The second-order valence-corrected chi connectivity index (χ2v) is 7.92. The Hall–Kier alpha value is -2.58. The number of benzene rings is 2. The third-order valence-corrected chi connectivity index (χ3v) is 5.76. The van der Waals surface area contributed by atoms with Crippen LogP contribution in [-0.4, -0.2) is 38.3 Å². The Balaban J connectivity index is 1.41. The lowest BCUT2D eigenvalue weighted by molar-refractivity contribution is 0.0398. The molecule has 0 radical (unpaired) electrons. The predicted molar refractivity (Wildman–Crippen MR) is 117 cm³/mol. The van der Waals surface area contributed by atoms with Gasteiger partial charge in [0.05, 0.1) is 25.6 Å². The van der Waals surface area contributed by atoms with Gasteiger partial charge in [0.15, 0.2) is 10.9 Å². The fourth-order valence-electron chi connectivity index (χ4n) is 2.88. The van der Waals surface area contributed by atoms with E-state index in [0.717, 1.165) is 11.3 Å². The average molecular weight is 442 g/mol. The Morgan fingerprint density at radius 1 is 1.03 bits per heavy atom. The largest absolute Gasteiger partial charge is 0.461 e. The lowest BCUT2D eigenvalue weighted by atomic mass is 10.2. The number of furan rings is 1. The van der Waals surface area contributed by atoms with Crippen LogP contribution in [0.1, 0.15) is 5.56 Å². The van der Waals surface area contributed by atoms with Crippen molar-refractivity contribution in [2.45, 2.75) is 17.9 Å². The van der Waals surface area contributed by atoms with Crippen molar-refractivity contribution in [1.82, 2.24) is 14.8 Å². The van der Waals surface area contributed by atoms with Crippen LogP contribution >= 0.6 is 23.4 Å². The molecule has 1 atom stereocenters. The molecule has 0 bridgehead atoms. The summed E-state index contributed by atoms with van der Waals surface area (Å²) in [6, 6.07) is 21.0. The van der Waals surface area contributed by atoms with Gasteiger partial charge in [0.1, 0.15) is 0 Å². The van der Waals surface area contributed by atoms with Gasteiger partial charge in [-0.2, -0.15) is 0 Å². The van der Waals surface area contributed by atoms with Crippen LogP contribution in [-0.2, 0) is 11.3 Å². The van der Waals surface area contributed by atoms with Crippen molar-refractivity contribution in [3.8, 4) is 17.3 Å². The second kappa shape index (κ2) is 9.95. The lowest BCUT2D eigenvalue weighted by Gasteiger charge is -2.13. The number of aliphatic hydroxyl groups excluding tert-OH is 1. The molecule has 0 unspecified atom stereocenters. The van der Waals surface area contributed by atoms with Crippen LogP contribution in [0.2, 0.25) is 5.02 Å². The number of ether oxygens (including phenoxy) is 1. The maximum atomic E-state index is 10.4. The molecule has 30 heavy (non-hydrogen) atoms. The van der Waals surface area contributed by atoms with Gasteiger partial charge in [0, 0.05) is 16.5 Å². The molecule has 6 nitrogen and oxygen atoms in total. The Kier molecular flexibility index (Phi) is 6.86. The third kappa shape index (κ3) is 4.94. The van der Waals surface area contributed by atoms with Gasteiger partial charge in [-0.15, -0.1) is 10.2 Å². The normalized spacial score (nSPS) is 12.2. The molecular formula is C22H20ClN3O3S. The van der Waals surface area contributed by atoms with Crippen LogP contribution in [0.4, 0.5) is 0 Å². The number of aliphatic hydroxyl groups is 1. The van der Waals surface area contributed by atoms with Crippen LogP contribution < -0.4 is 0 Å². The van der Waals surface area contributed by atoms with E-state index in [0.29, 0.717) is 34.1 Å². The van der Waals surface area contributed by atoms with Crippen molar-refractivity contribution in [2.75, 3.05) is 12.4 Å². The van der Waals surface area contributed by atoms with Gasteiger partial charge in [-0.3, -0.25) is 4.57 Å². The van der Waals surface area contributed by atoms with Crippen molar-refractivity contribution >= 4 is 23.4 Å². The molecule has 0 saturated heterocycles. The zero-order valence-corrected chi connectivity index (χ0v) is 17.6. The molecule has 0 saturated carbocycles. The monoisotopic (exact) mass is 441 g/mol. The highest BCUT2D eigenvalue weighted by Gasteiger charge is 2.19. The van der Waals surface area contributed by atoms with E-state index in [1.165, 1.54) is 11.8 Å². The molecule has 4 aromatic rings. The molecule has 0 spiro atoms. The van der Waals surface area contributed by atoms with Gasteiger partial charge >= 0.3 is 0 Å². The molecule has 0 fully saturated rings. The summed E-state index contributed by atoms with van der Waals surface area (Å²) in [5, 5.41) is 20.3. The molecule has 4 rings (SSSR count). The summed E-state index contributed by atoms with van der Waals surface area (Å²) < 4.78 is 13.1. The van der Waals surface area contributed by atoms with E-state index in [1.807, 2.05) is 71.3 Å². The van der Waals surface area contributed by atoms with E-state index in [1.54, 1.807) is 6.26 Å². The number of hydrogen-bond donors (Lipinski definition) is 1. The summed E-state index contributed by atoms with van der Waals surface area (Å²) >= 11 is 7.54. The fourth-order valence-corrected chi connectivity index (χ4v) is 3.93. The minimum Gasteiger partial charge on any atom is -0.461 e. The molecular weight excluding hydrogens is 422 g/mol. The Labute approximate surface area is 183 Å². The lowest BCUT2D eigenvalue weighted by Crippen LogP contribution is -2.18. The SMILES string of the molecule is O[C@H](COCc1ccccc1Cl)CSc1nnc(-c2ccco2)n1-c1ccccc1. The summed E-state index contributed by atoms with van der Waals surface area (Å²) in [6.45, 7) is 0.549. The van der Waals surface area contributed by atoms with Gasteiger partial charge in [-0.05, 0) is 35.9 Å². The summed E-state index contributed by atoms with van der Waals surface area (Å²) in [5.74, 6) is 1.64. The van der Waals surface area contributed by atoms with E-state index >= 15 is 0 Å². The smallest absolute Gasteiger partial charge is 0.205 e. The molecule has 8 heteroatoms. The molecule has 0 aliphatic heterocycles. The average Bonchev–Trinajstić information content (AvgIpc) is 3.44. The predicted octanol–water partition coefficient (Wildman–Crippen LogP) is 4.85. The zero-order valence-electron chi connectivity index (χ0n) is 16.0. The molecule has 154 valence electrons. The highest BCUT2D eigenvalue weighted by molar-refractivity contribution is 7.99. The second-order valence-electron chi connectivity index (χ2n) is 6.53. The Morgan fingerprint density at radius 3 is 2.60 bits per heavy atom. The van der Waals surface area contributed by atoms with E-state index in [-0.39, 0.29) is 6.61 Å². The van der Waals surface area contributed by atoms with Gasteiger partial charge in [0.25, 0.3) is 0 Å². The maximum Gasteiger partial charge on any atom is 0.205 e. The van der Waals surface area contributed by atoms with Crippen LogP contribution in [0.5, 0.6) is 0 Å². The van der Waals surface area contributed by atoms with Crippen molar-refractivity contribution in [3.05, 3.63) is 83.6 Å². The van der Waals surface area contributed by atoms with Crippen LogP contribution in [0, 0.1) is 0 Å². The van der Waals surface area contributed by atoms with Crippen molar-refractivity contribution < 1.29 is 14.3 Å². The molecule has 0 amide bonds. The molecule has 2 aromatic carbocycles. The number of aromatic nitrogens is 3. The van der Waals surface area contributed by atoms with Crippen molar-refractivity contribution in [3.63, 3.8) is 0 Å². The molecule has 0 aliphatic rings. The number of hydrogen-bond acceptors (Lipinski definition) is 6. The molecule has 2 aromatic heterocycles. The Bertz CT molecular complexity index is 1070. The van der Waals surface area contributed by atoms with Crippen molar-refractivity contribution in [1.29, 1.82) is 0 Å². The quantitative estimate of drug-likeness (QED) is 0.374. The summed E-state index contributed by atoms with van der Waals surface area (Å²) in [5.41, 5.74) is 1.81. The molecule has 1 N–H and O–H groups in total. The minimum atomic E-state index is -0.662. The third-order valence-electron chi connectivity index (χ3n) is 4.32. The maximum absolute atomic E-state index is 10.4. The summed E-state index contributed by atoms with van der Waals surface area (Å²) in [4.78, 5) is 0. The molecule has 0 aliphatic carbocycles. The highest BCUT2D eigenvalue weighted by atomic mass is 35.5. The zero-order chi connectivity index (χ0) is 20.8. The van der Waals surface area contributed by atoms with Crippen LogP contribution in [0.15, 0.2) is 82.6 Å². The van der Waals surface area contributed by atoms with Crippen LogP contribution in [0.25, 0.3) is 17.3 Å². The molecule has 2 heterocycles. The van der Waals surface area contributed by atoms with Crippen molar-refractivity contribution in [2.24, 2.45) is 0 Å². The van der Waals surface area contributed by atoms with Gasteiger partial charge < -0.3 is 14.3 Å². The summed E-state index contributed by atoms with van der Waals surface area (Å²) in [7, 11) is 0. The minimum absolute atomic E-state index is 0.197. The Morgan fingerprint density at radius 2 is 1.83 bits per heavy atom. The first-order valence-electron chi connectivity index (χ1n) is 9.39. The fraction of sp³-hybridized carbons (Fsp3) is 0.182. The standard InChI is InChI=1S/C22H20ClN3O3S/c23-19-10-5-4-7-16(19)13-28-14-18(27)15-30-22-25-24-21(20-11-6-12-29-20)26(22)17-8-2-1-3-9-17/h1-12,18,27H,13-15H2/t18-/m1/s1. The summed E-state index contributed by atoms with van der Waals surface area (Å²) in [6.07, 6.45) is 0.942. The number of rotatable bonds is 9. The first kappa shape index (κ1) is 20.7. The van der Waals surface area contributed by atoms with E-state index in [4.69, 9.17) is 20.8 Å². The number of halogens is 1. The van der Waals surface area contributed by atoms with Crippen LogP contribution in [0.3, 0.4) is 0 Å². The van der Waals surface area contributed by atoms with Gasteiger partial charge in [-0.1, -0.05) is 59.8 Å². The number of thioether (sulfide) groups is 1. The van der Waals surface area contributed by atoms with E-state index in [2.05, 4.69) is 10.2 Å². The van der Waals surface area contributed by atoms with Gasteiger partial charge in [-0.25, -0.2) is 0 Å².